The average Bonchev–Trinajstić information content (AvgIpc) is 2.68. The van der Waals surface area contributed by atoms with Gasteiger partial charge in [0.15, 0.2) is 0 Å². The molecular weight excluding hydrogens is 381 g/mol. The smallest absolute Gasteiger partial charge is 0.239 e. The van der Waals surface area contributed by atoms with Crippen molar-refractivity contribution in [1.29, 1.82) is 0 Å². The van der Waals surface area contributed by atoms with Crippen molar-refractivity contribution in [2.45, 2.75) is 51.1 Å². The van der Waals surface area contributed by atoms with Crippen molar-refractivity contribution in [2.75, 3.05) is 33.2 Å². The maximum absolute atomic E-state index is 12.9. The van der Waals surface area contributed by atoms with Crippen LogP contribution in [0.15, 0.2) is 30.3 Å². The molecule has 154 valence electrons. The number of carbonyl (C=O) groups excluding carboxylic acids is 1. The van der Waals surface area contributed by atoms with Crippen LogP contribution in [0.3, 0.4) is 0 Å². The zero-order chi connectivity index (χ0) is 17.6. The first-order chi connectivity index (χ1) is 12.1. The monoisotopic (exact) mass is 415 g/mol. The molecular formula is C21H35Cl2N3O. The Bertz CT molecular complexity index is 544. The number of piperidine rings is 2. The molecule has 2 heterocycles. The number of rotatable bonds is 5. The molecule has 0 radical (unpaired) electrons. The number of carbonyl (C=O) groups is 1. The van der Waals surface area contributed by atoms with Crippen molar-refractivity contribution in [3.63, 3.8) is 0 Å². The fourth-order valence-corrected chi connectivity index (χ4v) is 4.32. The quantitative estimate of drug-likeness (QED) is 0.800. The first-order valence-corrected chi connectivity index (χ1v) is 9.90. The molecule has 2 saturated heterocycles. The van der Waals surface area contributed by atoms with Crippen molar-refractivity contribution in [3.8, 4) is 0 Å². The average molecular weight is 416 g/mol. The Morgan fingerprint density at radius 2 is 1.70 bits per heavy atom. The lowest BCUT2D eigenvalue weighted by atomic mass is 9.89. The van der Waals surface area contributed by atoms with Gasteiger partial charge in [0.1, 0.15) is 0 Å². The molecule has 0 aliphatic carbocycles. The number of nitrogens with zero attached hydrogens (tertiary/aromatic N) is 2. The lowest BCUT2D eigenvalue weighted by Gasteiger charge is -2.39. The van der Waals surface area contributed by atoms with Crippen molar-refractivity contribution in [2.24, 2.45) is 5.92 Å². The summed E-state index contributed by atoms with van der Waals surface area (Å²) in [4.78, 5) is 17.3. The van der Waals surface area contributed by atoms with Crippen molar-refractivity contribution in [1.82, 2.24) is 15.1 Å². The third-order valence-corrected chi connectivity index (χ3v) is 6.13. The lowest BCUT2D eigenvalue weighted by Crippen LogP contribution is -2.52. The molecule has 27 heavy (non-hydrogen) atoms. The SMILES string of the molecule is CC(C(=O)N(C)C1CCNCC1)N1CCC(Cc2ccccc2)CC1.Cl.Cl. The fourth-order valence-electron chi connectivity index (χ4n) is 4.32. The maximum Gasteiger partial charge on any atom is 0.239 e. The van der Waals surface area contributed by atoms with Gasteiger partial charge >= 0.3 is 0 Å². The van der Waals surface area contributed by atoms with Crippen LogP contribution in [-0.2, 0) is 11.2 Å². The number of amides is 1. The molecule has 6 heteroatoms. The van der Waals surface area contributed by atoms with Crippen molar-refractivity contribution in [3.05, 3.63) is 35.9 Å². The fraction of sp³-hybridized carbons (Fsp3) is 0.667. The summed E-state index contributed by atoms with van der Waals surface area (Å²) in [5.41, 5.74) is 1.44. The highest BCUT2D eigenvalue weighted by Gasteiger charge is 2.31. The first-order valence-electron chi connectivity index (χ1n) is 9.90. The summed E-state index contributed by atoms with van der Waals surface area (Å²) < 4.78 is 0. The zero-order valence-electron chi connectivity index (χ0n) is 16.6. The van der Waals surface area contributed by atoms with Crippen LogP contribution in [0.4, 0.5) is 0 Å². The maximum atomic E-state index is 12.9. The Morgan fingerprint density at radius 3 is 2.30 bits per heavy atom. The van der Waals surface area contributed by atoms with Crippen molar-refractivity contribution >= 4 is 30.7 Å². The number of likely N-dealkylation sites (N-methyl/N-ethyl adjacent to an activating group) is 1. The van der Waals surface area contributed by atoms with Gasteiger partial charge in [-0.3, -0.25) is 9.69 Å². The van der Waals surface area contributed by atoms with Gasteiger partial charge in [-0.2, -0.15) is 0 Å². The number of nitrogens with one attached hydrogen (secondary N) is 1. The second-order valence-electron chi connectivity index (χ2n) is 7.78. The summed E-state index contributed by atoms with van der Waals surface area (Å²) >= 11 is 0. The van der Waals surface area contributed by atoms with E-state index in [4.69, 9.17) is 0 Å². The number of halogens is 2. The second kappa shape index (κ2) is 11.9. The summed E-state index contributed by atoms with van der Waals surface area (Å²) in [5.74, 6) is 1.05. The summed E-state index contributed by atoms with van der Waals surface area (Å²) in [6.07, 6.45) is 5.72. The Kier molecular flexibility index (Phi) is 10.7. The van der Waals surface area contributed by atoms with E-state index in [1.54, 1.807) is 0 Å². The second-order valence-corrected chi connectivity index (χ2v) is 7.78. The summed E-state index contributed by atoms with van der Waals surface area (Å²) in [6, 6.07) is 11.2. The minimum Gasteiger partial charge on any atom is -0.341 e. The van der Waals surface area contributed by atoms with Crippen LogP contribution < -0.4 is 5.32 Å². The van der Waals surface area contributed by atoms with E-state index in [1.165, 1.54) is 24.8 Å². The van der Waals surface area contributed by atoms with Crippen LogP contribution in [-0.4, -0.2) is 61.0 Å². The summed E-state index contributed by atoms with van der Waals surface area (Å²) in [6.45, 7) is 6.25. The summed E-state index contributed by atoms with van der Waals surface area (Å²) in [7, 11) is 2.00. The minimum absolute atomic E-state index is 0. The Hall–Kier alpha value is -0.810. The van der Waals surface area contributed by atoms with Gasteiger partial charge in [-0.1, -0.05) is 30.3 Å². The Morgan fingerprint density at radius 1 is 1.11 bits per heavy atom. The predicted molar refractivity (Wildman–Crippen MR) is 117 cm³/mol. The third-order valence-electron chi connectivity index (χ3n) is 6.13. The minimum atomic E-state index is 0. The van der Waals surface area contributed by atoms with Crippen LogP contribution in [0.2, 0.25) is 0 Å². The first kappa shape index (κ1) is 24.2. The lowest BCUT2D eigenvalue weighted by molar-refractivity contribution is -0.138. The van der Waals surface area contributed by atoms with Gasteiger partial charge in [0.25, 0.3) is 0 Å². The van der Waals surface area contributed by atoms with Gasteiger partial charge in [0.2, 0.25) is 5.91 Å². The topological polar surface area (TPSA) is 35.6 Å². The number of likely N-dealkylation sites (tertiary alicyclic amines) is 1. The van der Waals surface area contributed by atoms with E-state index in [-0.39, 0.29) is 30.9 Å². The molecule has 3 rings (SSSR count). The molecule has 2 fully saturated rings. The van der Waals surface area contributed by atoms with Gasteiger partial charge < -0.3 is 10.2 Å². The molecule has 1 aromatic rings. The van der Waals surface area contributed by atoms with E-state index in [0.717, 1.165) is 44.9 Å². The van der Waals surface area contributed by atoms with Crippen molar-refractivity contribution < 1.29 is 4.79 Å². The zero-order valence-corrected chi connectivity index (χ0v) is 18.2. The van der Waals surface area contributed by atoms with Crippen LogP contribution in [0.5, 0.6) is 0 Å². The van der Waals surface area contributed by atoms with Crippen LogP contribution in [0.25, 0.3) is 0 Å². The Labute approximate surface area is 176 Å². The summed E-state index contributed by atoms with van der Waals surface area (Å²) in [5, 5.41) is 3.38. The van der Waals surface area contributed by atoms with E-state index < -0.39 is 0 Å². The molecule has 2 aliphatic rings. The van der Waals surface area contributed by atoms with E-state index in [9.17, 15) is 4.79 Å². The highest BCUT2D eigenvalue weighted by molar-refractivity contribution is 5.85. The highest BCUT2D eigenvalue weighted by Crippen LogP contribution is 2.24. The van der Waals surface area contributed by atoms with E-state index in [2.05, 4.69) is 47.5 Å². The van der Waals surface area contributed by atoms with Gasteiger partial charge in [0, 0.05) is 13.1 Å². The highest BCUT2D eigenvalue weighted by atomic mass is 35.5. The van der Waals surface area contributed by atoms with Gasteiger partial charge in [-0.25, -0.2) is 0 Å². The normalized spacial score (nSPS) is 20.2. The molecule has 0 saturated carbocycles. The van der Waals surface area contributed by atoms with Gasteiger partial charge in [-0.05, 0) is 76.7 Å². The van der Waals surface area contributed by atoms with Crippen LogP contribution in [0, 0.1) is 5.92 Å². The number of hydrogen-bond donors (Lipinski definition) is 1. The molecule has 1 aromatic carbocycles. The van der Waals surface area contributed by atoms with Crippen LogP contribution in [0.1, 0.15) is 38.2 Å². The van der Waals surface area contributed by atoms with E-state index in [1.807, 2.05) is 11.9 Å². The molecule has 1 amide bonds. The van der Waals surface area contributed by atoms with Crippen LogP contribution >= 0.6 is 24.8 Å². The molecule has 0 aromatic heterocycles. The molecule has 2 aliphatic heterocycles. The molecule has 1 N–H and O–H groups in total. The molecule has 0 bridgehead atoms. The molecule has 1 unspecified atom stereocenters. The van der Waals surface area contributed by atoms with Gasteiger partial charge in [-0.15, -0.1) is 24.8 Å². The molecule has 0 spiro atoms. The van der Waals surface area contributed by atoms with E-state index in [0.29, 0.717) is 11.9 Å². The predicted octanol–water partition coefficient (Wildman–Crippen LogP) is 3.38. The molecule has 4 nitrogen and oxygen atoms in total. The van der Waals surface area contributed by atoms with E-state index >= 15 is 0 Å². The largest absolute Gasteiger partial charge is 0.341 e. The third kappa shape index (κ3) is 6.63. The molecule has 1 atom stereocenters. The number of benzene rings is 1. The standard InChI is InChI=1S/C21H33N3O.2ClH/c1-17(21(25)23(2)20-8-12-22-13-9-20)24-14-10-19(11-15-24)16-18-6-4-3-5-7-18;;/h3-7,17,19-20,22H,8-16H2,1-2H3;2*1H. The number of hydrogen-bond acceptors (Lipinski definition) is 3. The van der Waals surface area contributed by atoms with Gasteiger partial charge in [0.05, 0.1) is 6.04 Å². The Balaban J connectivity index is 0.00000182.